The number of aryl methyl sites for hydroxylation is 1. The van der Waals surface area contributed by atoms with Gasteiger partial charge in [0.05, 0.1) is 5.52 Å². The number of rotatable bonds is 4. The number of fused-ring (bicyclic) bond motifs is 1. The van der Waals surface area contributed by atoms with Crippen LogP contribution in [0.2, 0.25) is 0 Å². The molecule has 19 heavy (non-hydrogen) atoms. The molecule has 2 heterocycles. The van der Waals surface area contributed by atoms with Gasteiger partial charge < -0.3 is 10.2 Å². The molecule has 1 N–H and O–H groups in total. The third-order valence-corrected chi connectivity index (χ3v) is 3.80. The molecule has 0 spiro atoms. The molecule has 3 nitrogen and oxygen atoms in total. The first-order valence-electron chi connectivity index (χ1n) is 7.18. The van der Waals surface area contributed by atoms with E-state index in [4.69, 9.17) is 0 Å². The van der Waals surface area contributed by atoms with E-state index >= 15 is 0 Å². The molecule has 0 unspecified atom stereocenters. The molecule has 0 amide bonds. The van der Waals surface area contributed by atoms with Crippen molar-refractivity contribution in [2.24, 2.45) is 0 Å². The van der Waals surface area contributed by atoms with Crippen molar-refractivity contribution in [3.63, 3.8) is 0 Å². The van der Waals surface area contributed by atoms with Gasteiger partial charge in [-0.3, -0.25) is 4.98 Å². The van der Waals surface area contributed by atoms with E-state index < -0.39 is 0 Å². The van der Waals surface area contributed by atoms with Crippen molar-refractivity contribution in [3.05, 3.63) is 42.1 Å². The maximum atomic E-state index is 4.52. The minimum Gasteiger partial charge on any atom is -0.314 e. The van der Waals surface area contributed by atoms with E-state index in [9.17, 15) is 0 Å². The van der Waals surface area contributed by atoms with Gasteiger partial charge in [-0.2, -0.15) is 0 Å². The van der Waals surface area contributed by atoms with Gasteiger partial charge in [-0.05, 0) is 37.1 Å². The van der Waals surface area contributed by atoms with Crippen LogP contribution in [0.15, 0.2) is 36.5 Å². The van der Waals surface area contributed by atoms with Crippen LogP contribution in [0.25, 0.3) is 10.9 Å². The Kier molecular flexibility index (Phi) is 4.06. The van der Waals surface area contributed by atoms with Gasteiger partial charge >= 0.3 is 0 Å². The van der Waals surface area contributed by atoms with E-state index in [0.717, 1.165) is 25.0 Å². The van der Waals surface area contributed by atoms with E-state index in [0.29, 0.717) is 0 Å². The molecule has 3 heteroatoms. The summed E-state index contributed by atoms with van der Waals surface area (Å²) in [6, 6.07) is 10.6. The molecular weight excluding hydrogens is 234 g/mol. The fraction of sp³-hybridized carbons (Fsp3) is 0.438. The third kappa shape index (κ3) is 3.31. The van der Waals surface area contributed by atoms with Crippen LogP contribution in [0.3, 0.4) is 0 Å². The summed E-state index contributed by atoms with van der Waals surface area (Å²) in [7, 11) is 0. The van der Waals surface area contributed by atoms with Crippen LogP contribution in [0, 0.1) is 0 Å². The highest BCUT2D eigenvalue weighted by Crippen LogP contribution is 2.14. The molecule has 100 valence electrons. The number of para-hydroxylation sites is 1. The maximum Gasteiger partial charge on any atom is 0.0702 e. The Hall–Kier alpha value is -1.45. The molecule has 1 saturated heterocycles. The highest BCUT2D eigenvalue weighted by atomic mass is 15.2. The number of hydrogen-bond donors (Lipinski definition) is 1. The average Bonchev–Trinajstić information content (AvgIpc) is 2.48. The maximum absolute atomic E-state index is 4.52. The summed E-state index contributed by atoms with van der Waals surface area (Å²) >= 11 is 0. The molecule has 0 saturated carbocycles. The number of piperazine rings is 1. The monoisotopic (exact) mass is 255 g/mol. The molecule has 0 bridgehead atoms. The molecule has 0 radical (unpaired) electrons. The number of aromatic nitrogens is 1. The minimum atomic E-state index is 1.09. The summed E-state index contributed by atoms with van der Waals surface area (Å²) in [5.41, 5.74) is 2.45. The fourth-order valence-corrected chi connectivity index (χ4v) is 2.69. The number of pyridine rings is 1. The smallest absolute Gasteiger partial charge is 0.0702 e. The van der Waals surface area contributed by atoms with Gasteiger partial charge in [-0.1, -0.05) is 18.2 Å². The van der Waals surface area contributed by atoms with E-state index in [1.54, 1.807) is 0 Å². The van der Waals surface area contributed by atoms with E-state index in [-0.39, 0.29) is 0 Å². The second-order valence-electron chi connectivity index (χ2n) is 5.23. The number of hydrogen-bond acceptors (Lipinski definition) is 3. The summed E-state index contributed by atoms with van der Waals surface area (Å²) in [5.74, 6) is 0. The molecule has 0 aliphatic carbocycles. The Labute approximate surface area is 114 Å². The predicted molar refractivity (Wildman–Crippen MR) is 79.4 cm³/mol. The van der Waals surface area contributed by atoms with E-state index in [2.05, 4.69) is 39.5 Å². The standard InChI is InChI=1S/C16H21N3/c1-2-6-16-15(5-1)12-14(13-18-16)4-3-9-19-10-7-17-8-11-19/h1-2,5-6,12-13,17H,3-4,7-11H2. The number of nitrogens with zero attached hydrogens (tertiary/aromatic N) is 2. The first kappa shape index (κ1) is 12.6. The SMILES string of the molecule is c1ccc2ncc(CCCN3CCNCC3)cc2c1. The predicted octanol–water partition coefficient (Wildman–Crippen LogP) is 2.07. The van der Waals surface area contributed by atoms with Gasteiger partial charge in [0, 0.05) is 37.8 Å². The van der Waals surface area contributed by atoms with Crippen LogP contribution in [0.4, 0.5) is 0 Å². The first-order valence-corrected chi connectivity index (χ1v) is 7.18. The van der Waals surface area contributed by atoms with Crippen molar-refractivity contribution >= 4 is 10.9 Å². The zero-order valence-electron chi connectivity index (χ0n) is 11.3. The Morgan fingerprint density at radius 3 is 2.89 bits per heavy atom. The van der Waals surface area contributed by atoms with Crippen molar-refractivity contribution in [3.8, 4) is 0 Å². The normalized spacial score (nSPS) is 16.8. The molecule has 1 aromatic heterocycles. The Balaban J connectivity index is 1.56. The zero-order chi connectivity index (χ0) is 12.9. The molecule has 1 aromatic carbocycles. The summed E-state index contributed by atoms with van der Waals surface area (Å²) in [4.78, 5) is 7.07. The molecule has 1 fully saturated rings. The molecule has 1 aliphatic heterocycles. The lowest BCUT2D eigenvalue weighted by Crippen LogP contribution is -2.43. The van der Waals surface area contributed by atoms with E-state index in [1.165, 1.54) is 37.0 Å². The Morgan fingerprint density at radius 1 is 1.16 bits per heavy atom. The molecule has 2 aromatic rings. The lowest BCUT2D eigenvalue weighted by molar-refractivity contribution is 0.238. The molecule has 3 rings (SSSR count). The van der Waals surface area contributed by atoms with Crippen LogP contribution in [-0.2, 0) is 6.42 Å². The van der Waals surface area contributed by atoms with Crippen LogP contribution in [-0.4, -0.2) is 42.6 Å². The van der Waals surface area contributed by atoms with Gasteiger partial charge in [0.25, 0.3) is 0 Å². The van der Waals surface area contributed by atoms with Gasteiger partial charge in [-0.15, -0.1) is 0 Å². The summed E-state index contributed by atoms with van der Waals surface area (Å²) in [5, 5.41) is 4.64. The van der Waals surface area contributed by atoms with Crippen molar-refractivity contribution in [2.45, 2.75) is 12.8 Å². The minimum absolute atomic E-state index is 1.09. The topological polar surface area (TPSA) is 28.2 Å². The van der Waals surface area contributed by atoms with Crippen molar-refractivity contribution in [2.75, 3.05) is 32.7 Å². The lowest BCUT2D eigenvalue weighted by Gasteiger charge is -2.27. The lowest BCUT2D eigenvalue weighted by atomic mass is 10.1. The molecule has 1 aliphatic rings. The Bertz CT molecular complexity index is 532. The fourth-order valence-electron chi connectivity index (χ4n) is 2.69. The second kappa shape index (κ2) is 6.13. The van der Waals surface area contributed by atoms with Crippen molar-refractivity contribution in [1.82, 2.24) is 15.2 Å². The van der Waals surface area contributed by atoms with Crippen LogP contribution in [0.5, 0.6) is 0 Å². The van der Waals surface area contributed by atoms with Gasteiger partial charge in [0.15, 0.2) is 0 Å². The summed E-state index contributed by atoms with van der Waals surface area (Å²) in [6.07, 6.45) is 4.38. The summed E-state index contributed by atoms with van der Waals surface area (Å²) < 4.78 is 0. The molecular formula is C16H21N3. The van der Waals surface area contributed by atoms with Crippen LogP contribution < -0.4 is 5.32 Å². The van der Waals surface area contributed by atoms with Gasteiger partial charge in [0.1, 0.15) is 0 Å². The van der Waals surface area contributed by atoms with Crippen LogP contribution in [0.1, 0.15) is 12.0 Å². The number of nitrogens with one attached hydrogen (secondary N) is 1. The quantitative estimate of drug-likeness (QED) is 0.906. The highest BCUT2D eigenvalue weighted by Gasteiger charge is 2.08. The van der Waals surface area contributed by atoms with Crippen LogP contribution >= 0.6 is 0 Å². The Morgan fingerprint density at radius 2 is 2.00 bits per heavy atom. The zero-order valence-corrected chi connectivity index (χ0v) is 11.3. The largest absolute Gasteiger partial charge is 0.314 e. The summed E-state index contributed by atoms with van der Waals surface area (Å²) in [6.45, 7) is 5.86. The van der Waals surface area contributed by atoms with Gasteiger partial charge in [0.2, 0.25) is 0 Å². The number of benzene rings is 1. The van der Waals surface area contributed by atoms with Crippen molar-refractivity contribution < 1.29 is 0 Å². The molecule has 0 atom stereocenters. The van der Waals surface area contributed by atoms with Crippen molar-refractivity contribution in [1.29, 1.82) is 0 Å². The first-order chi connectivity index (χ1) is 9.42. The van der Waals surface area contributed by atoms with Gasteiger partial charge in [-0.25, -0.2) is 0 Å². The highest BCUT2D eigenvalue weighted by molar-refractivity contribution is 5.78. The third-order valence-electron chi connectivity index (χ3n) is 3.80. The average molecular weight is 255 g/mol. The van der Waals surface area contributed by atoms with E-state index in [1.807, 2.05) is 12.3 Å². The second-order valence-corrected chi connectivity index (χ2v) is 5.23.